The topological polar surface area (TPSA) is 53.1 Å². The highest BCUT2D eigenvalue weighted by molar-refractivity contribution is 6.32. The minimum Gasteiger partial charge on any atom is -0.486 e. The van der Waals surface area contributed by atoms with E-state index in [-0.39, 0.29) is 0 Å². The van der Waals surface area contributed by atoms with E-state index in [9.17, 15) is 0 Å². The fourth-order valence-electron chi connectivity index (χ4n) is 2.26. The van der Waals surface area contributed by atoms with E-state index in [1.165, 1.54) is 0 Å². The van der Waals surface area contributed by atoms with Crippen molar-refractivity contribution in [3.63, 3.8) is 0 Å². The summed E-state index contributed by atoms with van der Waals surface area (Å²) in [5.41, 5.74) is 7.47. The Morgan fingerprint density at radius 2 is 2.05 bits per heavy atom. The third-order valence-corrected chi connectivity index (χ3v) is 3.88. The highest BCUT2D eigenvalue weighted by Gasteiger charge is 2.09. The Labute approximate surface area is 130 Å². The summed E-state index contributed by atoms with van der Waals surface area (Å²) < 4.78 is 7.75. The van der Waals surface area contributed by atoms with Gasteiger partial charge in [-0.2, -0.15) is 5.10 Å². The van der Waals surface area contributed by atoms with Crippen molar-refractivity contribution in [3.05, 3.63) is 46.7 Å². The highest BCUT2D eigenvalue weighted by Crippen LogP contribution is 2.26. The van der Waals surface area contributed by atoms with Crippen LogP contribution in [0.5, 0.6) is 5.75 Å². The number of nitrogens with zero attached hydrogens (tertiary/aromatic N) is 2. The van der Waals surface area contributed by atoms with Crippen molar-refractivity contribution in [1.82, 2.24) is 9.78 Å². The fraction of sp³-hybridized carbons (Fsp3) is 0.438. The van der Waals surface area contributed by atoms with Gasteiger partial charge in [-0.3, -0.25) is 4.68 Å². The number of hydrogen-bond donors (Lipinski definition) is 1. The molecule has 2 rings (SSSR count). The van der Waals surface area contributed by atoms with Crippen LogP contribution in [0.25, 0.3) is 0 Å². The molecule has 0 fully saturated rings. The second-order valence-corrected chi connectivity index (χ2v) is 5.42. The number of hydrogen-bond acceptors (Lipinski definition) is 3. The van der Waals surface area contributed by atoms with E-state index < -0.39 is 0 Å². The van der Waals surface area contributed by atoms with E-state index in [2.05, 4.69) is 18.9 Å². The number of rotatable bonds is 7. The van der Waals surface area contributed by atoms with E-state index in [0.717, 1.165) is 24.1 Å². The van der Waals surface area contributed by atoms with Crippen molar-refractivity contribution in [1.29, 1.82) is 0 Å². The molecule has 0 spiro atoms. The number of aromatic nitrogens is 2. The lowest BCUT2D eigenvalue weighted by Gasteiger charge is -2.12. The van der Waals surface area contributed by atoms with Crippen LogP contribution in [0.1, 0.15) is 44.0 Å². The van der Waals surface area contributed by atoms with Gasteiger partial charge in [-0.1, -0.05) is 31.5 Å². The van der Waals surface area contributed by atoms with E-state index in [0.29, 0.717) is 30.0 Å². The van der Waals surface area contributed by atoms with Crippen LogP contribution in [0.4, 0.5) is 0 Å². The number of nitrogens with two attached hydrogens (primary N) is 1. The van der Waals surface area contributed by atoms with Gasteiger partial charge in [-0.15, -0.1) is 0 Å². The van der Waals surface area contributed by atoms with Crippen LogP contribution in [-0.2, 0) is 13.2 Å². The molecule has 0 aliphatic carbocycles. The SMILES string of the molecule is CCC(CC)n1ccc(COc2ccc(CN)cc2Cl)n1. The lowest BCUT2D eigenvalue weighted by atomic mass is 10.2. The Kier molecular flexibility index (Phi) is 5.65. The summed E-state index contributed by atoms with van der Waals surface area (Å²) in [5, 5.41) is 5.14. The number of halogens is 1. The second-order valence-electron chi connectivity index (χ2n) is 5.01. The molecule has 0 radical (unpaired) electrons. The third kappa shape index (κ3) is 3.99. The molecule has 2 N–H and O–H groups in total. The summed E-state index contributed by atoms with van der Waals surface area (Å²) in [6.07, 6.45) is 4.16. The van der Waals surface area contributed by atoms with E-state index in [1.807, 2.05) is 35.1 Å². The van der Waals surface area contributed by atoms with Crippen LogP contribution < -0.4 is 10.5 Å². The molecule has 0 amide bonds. The molecule has 0 aliphatic heterocycles. The van der Waals surface area contributed by atoms with Crippen molar-refractivity contribution in [2.24, 2.45) is 5.73 Å². The Morgan fingerprint density at radius 1 is 1.29 bits per heavy atom. The maximum atomic E-state index is 6.17. The number of benzene rings is 1. The van der Waals surface area contributed by atoms with Gasteiger partial charge in [0.1, 0.15) is 12.4 Å². The summed E-state index contributed by atoms with van der Waals surface area (Å²) in [5.74, 6) is 0.658. The fourth-order valence-corrected chi connectivity index (χ4v) is 2.52. The maximum Gasteiger partial charge on any atom is 0.138 e. The predicted octanol–water partition coefficient (Wildman–Crippen LogP) is 3.94. The lowest BCUT2D eigenvalue weighted by molar-refractivity contribution is 0.297. The monoisotopic (exact) mass is 307 g/mol. The zero-order valence-electron chi connectivity index (χ0n) is 12.6. The standard InChI is InChI=1S/C16H22ClN3O/c1-3-14(4-2)20-8-7-13(19-20)11-21-16-6-5-12(10-18)9-15(16)17/h5-9,14H,3-4,10-11,18H2,1-2H3. The molecule has 21 heavy (non-hydrogen) atoms. The minimum atomic E-state index is 0.412. The maximum absolute atomic E-state index is 6.17. The predicted molar refractivity (Wildman–Crippen MR) is 85.5 cm³/mol. The highest BCUT2D eigenvalue weighted by atomic mass is 35.5. The van der Waals surface area contributed by atoms with Gasteiger partial charge in [0.05, 0.1) is 16.8 Å². The van der Waals surface area contributed by atoms with Gasteiger partial charge in [0.2, 0.25) is 0 Å². The zero-order valence-corrected chi connectivity index (χ0v) is 13.3. The molecule has 114 valence electrons. The quantitative estimate of drug-likeness (QED) is 0.843. The molecule has 4 nitrogen and oxygen atoms in total. The first kappa shape index (κ1) is 15.9. The molecule has 5 heteroatoms. The van der Waals surface area contributed by atoms with Crippen molar-refractivity contribution in [2.45, 2.75) is 45.9 Å². The van der Waals surface area contributed by atoms with Crippen LogP contribution >= 0.6 is 11.6 Å². The van der Waals surface area contributed by atoms with Crippen molar-refractivity contribution in [3.8, 4) is 5.75 Å². The molecule has 0 unspecified atom stereocenters. The van der Waals surface area contributed by atoms with Gasteiger partial charge >= 0.3 is 0 Å². The second kappa shape index (κ2) is 7.48. The molecule has 2 aromatic rings. The van der Waals surface area contributed by atoms with Crippen LogP contribution in [-0.4, -0.2) is 9.78 Å². The Balaban J connectivity index is 2.00. The first-order chi connectivity index (χ1) is 10.2. The van der Waals surface area contributed by atoms with Crippen molar-refractivity contribution in [2.75, 3.05) is 0 Å². The smallest absolute Gasteiger partial charge is 0.138 e. The average molecular weight is 308 g/mol. The van der Waals surface area contributed by atoms with E-state index >= 15 is 0 Å². The molecule has 0 saturated carbocycles. The van der Waals surface area contributed by atoms with Gasteiger partial charge in [0, 0.05) is 12.7 Å². The molecule has 0 saturated heterocycles. The van der Waals surface area contributed by atoms with Crippen LogP contribution in [0, 0.1) is 0 Å². The van der Waals surface area contributed by atoms with Crippen molar-refractivity contribution >= 4 is 11.6 Å². The normalized spacial score (nSPS) is 11.1. The average Bonchev–Trinajstić information content (AvgIpc) is 2.96. The largest absolute Gasteiger partial charge is 0.486 e. The van der Waals surface area contributed by atoms with Crippen LogP contribution in [0.2, 0.25) is 5.02 Å². The van der Waals surface area contributed by atoms with Gasteiger partial charge in [-0.05, 0) is 36.6 Å². The van der Waals surface area contributed by atoms with E-state index in [4.69, 9.17) is 22.1 Å². The number of ether oxygens (including phenoxy) is 1. The Bertz CT molecular complexity index is 579. The van der Waals surface area contributed by atoms with E-state index in [1.54, 1.807) is 0 Å². The molecule has 0 aliphatic rings. The summed E-state index contributed by atoms with van der Waals surface area (Å²) in [6.45, 7) is 5.23. The van der Waals surface area contributed by atoms with Gasteiger partial charge < -0.3 is 10.5 Å². The van der Waals surface area contributed by atoms with Crippen molar-refractivity contribution < 1.29 is 4.74 Å². The van der Waals surface area contributed by atoms with Crippen LogP contribution in [0.3, 0.4) is 0 Å². The molecule has 1 aromatic carbocycles. The molecule has 1 aromatic heterocycles. The Hall–Kier alpha value is -1.52. The summed E-state index contributed by atoms with van der Waals surface area (Å²) in [4.78, 5) is 0. The summed E-state index contributed by atoms with van der Waals surface area (Å²) in [6, 6.07) is 8.04. The Morgan fingerprint density at radius 3 is 2.67 bits per heavy atom. The zero-order chi connectivity index (χ0) is 15.2. The summed E-state index contributed by atoms with van der Waals surface area (Å²) in [7, 11) is 0. The molecular formula is C16H22ClN3O. The third-order valence-electron chi connectivity index (χ3n) is 3.59. The van der Waals surface area contributed by atoms with Gasteiger partial charge in [-0.25, -0.2) is 0 Å². The van der Waals surface area contributed by atoms with Gasteiger partial charge in [0.15, 0.2) is 0 Å². The first-order valence-corrected chi connectivity index (χ1v) is 7.71. The summed E-state index contributed by atoms with van der Waals surface area (Å²) >= 11 is 6.17. The lowest BCUT2D eigenvalue weighted by Crippen LogP contribution is -2.08. The molecule has 0 bridgehead atoms. The minimum absolute atomic E-state index is 0.412. The molecule has 0 atom stereocenters. The molecule has 1 heterocycles. The molecular weight excluding hydrogens is 286 g/mol. The first-order valence-electron chi connectivity index (χ1n) is 7.33. The van der Waals surface area contributed by atoms with Crippen LogP contribution in [0.15, 0.2) is 30.5 Å². The van der Waals surface area contributed by atoms with Gasteiger partial charge in [0.25, 0.3) is 0 Å².